The molecule has 1 aliphatic heterocycles. The van der Waals surface area contributed by atoms with Gasteiger partial charge in [-0.25, -0.2) is 24.3 Å². The summed E-state index contributed by atoms with van der Waals surface area (Å²) in [5, 5.41) is 3.34. The lowest BCUT2D eigenvalue weighted by Crippen LogP contribution is -2.27. The second kappa shape index (κ2) is 7.31. The van der Waals surface area contributed by atoms with E-state index in [4.69, 9.17) is 9.97 Å². The average molecular weight is 426 g/mol. The number of rotatable bonds is 3. The molecule has 6 rings (SSSR count). The van der Waals surface area contributed by atoms with E-state index in [1.54, 1.807) is 19.3 Å². The van der Waals surface area contributed by atoms with E-state index in [2.05, 4.69) is 36.0 Å². The van der Waals surface area contributed by atoms with E-state index in [1.165, 1.54) is 6.07 Å². The van der Waals surface area contributed by atoms with Crippen molar-refractivity contribution in [3.05, 3.63) is 66.4 Å². The summed E-state index contributed by atoms with van der Waals surface area (Å²) in [7, 11) is 0. The molecular weight excluding hydrogens is 407 g/mol. The number of H-pyrrole nitrogens is 1. The number of nitrogens with zero attached hydrogens (tertiary/aromatic N) is 6. The maximum atomic E-state index is 13.7. The van der Waals surface area contributed by atoms with Crippen LogP contribution in [-0.2, 0) is 13.1 Å². The van der Waals surface area contributed by atoms with Crippen LogP contribution in [0.1, 0.15) is 11.5 Å². The number of aromatic amines is 1. The Kier molecular flexibility index (Phi) is 4.29. The molecule has 2 N–H and O–H groups in total. The molecule has 5 aromatic rings. The minimum Gasteiger partial charge on any atom is -0.343 e. The van der Waals surface area contributed by atoms with Gasteiger partial charge in [0.25, 0.3) is 0 Å². The van der Waals surface area contributed by atoms with Crippen LogP contribution in [0.25, 0.3) is 45.1 Å². The number of halogens is 1. The van der Waals surface area contributed by atoms with Crippen LogP contribution in [0.15, 0.2) is 49.1 Å². The van der Waals surface area contributed by atoms with Crippen LogP contribution in [0, 0.1) is 12.7 Å². The molecule has 32 heavy (non-hydrogen) atoms. The summed E-state index contributed by atoms with van der Waals surface area (Å²) in [4.78, 5) is 26.1. The van der Waals surface area contributed by atoms with Gasteiger partial charge >= 0.3 is 0 Å². The monoisotopic (exact) mass is 426 g/mol. The molecule has 0 unspecified atom stereocenters. The van der Waals surface area contributed by atoms with Gasteiger partial charge in [-0.05, 0) is 37.3 Å². The number of pyridine rings is 3. The number of aryl methyl sites for hydroxylation is 1. The summed E-state index contributed by atoms with van der Waals surface area (Å²) < 4.78 is 15.8. The number of imidazole rings is 2. The van der Waals surface area contributed by atoms with Crippen LogP contribution >= 0.6 is 0 Å². The average Bonchev–Trinajstić information content (AvgIpc) is 3.47. The van der Waals surface area contributed by atoms with Crippen molar-refractivity contribution in [1.82, 2.24) is 39.8 Å². The van der Waals surface area contributed by atoms with Gasteiger partial charge in [0.2, 0.25) is 0 Å². The number of fused-ring (bicyclic) bond motifs is 2. The molecule has 0 saturated heterocycles. The molecule has 0 amide bonds. The van der Waals surface area contributed by atoms with Crippen molar-refractivity contribution in [3.63, 3.8) is 0 Å². The van der Waals surface area contributed by atoms with Crippen molar-refractivity contribution < 1.29 is 4.39 Å². The Morgan fingerprint density at radius 3 is 2.75 bits per heavy atom. The summed E-state index contributed by atoms with van der Waals surface area (Å²) in [5.41, 5.74) is 6.32. The number of nitrogens with one attached hydrogen (secondary N) is 2. The highest BCUT2D eigenvalue weighted by atomic mass is 19.1. The predicted molar refractivity (Wildman–Crippen MR) is 118 cm³/mol. The largest absolute Gasteiger partial charge is 0.343 e. The molecule has 9 heteroatoms. The van der Waals surface area contributed by atoms with Crippen LogP contribution < -0.4 is 5.32 Å². The maximum absolute atomic E-state index is 13.7. The second-order valence-corrected chi connectivity index (χ2v) is 7.76. The first-order valence-electron chi connectivity index (χ1n) is 10.4. The fourth-order valence-corrected chi connectivity index (χ4v) is 3.97. The molecule has 0 fully saturated rings. The molecule has 0 spiro atoms. The van der Waals surface area contributed by atoms with Gasteiger partial charge in [0.15, 0.2) is 0 Å². The third-order valence-corrected chi connectivity index (χ3v) is 5.66. The van der Waals surface area contributed by atoms with E-state index < -0.39 is 0 Å². The van der Waals surface area contributed by atoms with Crippen LogP contribution in [0.5, 0.6) is 0 Å². The van der Waals surface area contributed by atoms with Gasteiger partial charge in [0.05, 0.1) is 52.4 Å². The third kappa shape index (κ3) is 3.14. The van der Waals surface area contributed by atoms with E-state index in [-0.39, 0.29) is 5.82 Å². The Hall–Kier alpha value is -3.98. The lowest BCUT2D eigenvalue weighted by molar-refractivity contribution is 0.505. The molecule has 0 radical (unpaired) electrons. The standard InChI is InChI=1S/C23H19FN8/c1-13-15(24)2-3-17(29-13)22-23(28-12-27-22)18-5-4-16-19(30-18)8-14(9-26-16)20-11-32-7-6-25-10-21(32)31-20/h2-5,8-9,11-12,25H,6-7,10H2,1H3,(H,27,28). The Balaban J connectivity index is 1.42. The minimum absolute atomic E-state index is 0.335. The Morgan fingerprint density at radius 2 is 1.88 bits per heavy atom. The summed E-state index contributed by atoms with van der Waals surface area (Å²) in [6, 6.07) is 8.85. The van der Waals surface area contributed by atoms with Gasteiger partial charge < -0.3 is 14.9 Å². The lowest BCUT2D eigenvalue weighted by atomic mass is 10.1. The summed E-state index contributed by atoms with van der Waals surface area (Å²) in [6.07, 6.45) is 5.49. The molecule has 5 aromatic heterocycles. The van der Waals surface area contributed by atoms with Gasteiger partial charge in [-0.2, -0.15) is 0 Å². The molecule has 0 bridgehead atoms. The Bertz CT molecular complexity index is 1440. The van der Waals surface area contributed by atoms with E-state index in [9.17, 15) is 4.39 Å². The zero-order valence-corrected chi connectivity index (χ0v) is 17.3. The second-order valence-electron chi connectivity index (χ2n) is 7.76. The van der Waals surface area contributed by atoms with Crippen LogP contribution in [0.3, 0.4) is 0 Å². The number of hydrogen-bond acceptors (Lipinski definition) is 6. The maximum Gasteiger partial charge on any atom is 0.144 e. The fraction of sp³-hybridized carbons (Fsp3) is 0.174. The minimum atomic E-state index is -0.339. The predicted octanol–water partition coefficient (Wildman–Crippen LogP) is 3.50. The van der Waals surface area contributed by atoms with Gasteiger partial charge in [0.1, 0.15) is 17.3 Å². The summed E-state index contributed by atoms with van der Waals surface area (Å²) in [6.45, 7) is 4.26. The van der Waals surface area contributed by atoms with Gasteiger partial charge in [-0.1, -0.05) is 0 Å². The molecule has 0 aromatic carbocycles. The number of aromatic nitrogens is 7. The van der Waals surface area contributed by atoms with E-state index in [0.29, 0.717) is 28.5 Å². The highest BCUT2D eigenvalue weighted by Crippen LogP contribution is 2.29. The van der Waals surface area contributed by atoms with Crippen molar-refractivity contribution in [2.45, 2.75) is 20.0 Å². The SMILES string of the molecule is Cc1nc(-c2[nH]cnc2-c2ccc3ncc(-c4cn5c(n4)CNCC5)cc3n2)ccc1F. The van der Waals surface area contributed by atoms with Crippen LogP contribution in [0.2, 0.25) is 0 Å². The highest BCUT2D eigenvalue weighted by Gasteiger charge is 2.16. The Labute approximate surface area is 182 Å². The molecule has 8 nitrogen and oxygen atoms in total. The molecule has 0 atom stereocenters. The van der Waals surface area contributed by atoms with Crippen molar-refractivity contribution in [2.75, 3.05) is 6.54 Å². The summed E-state index contributed by atoms with van der Waals surface area (Å²) >= 11 is 0. The van der Waals surface area contributed by atoms with Crippen molar-refractivity contribution in [3.8, 4) is 34.0 Å². The quantitative estimate of drug-likeness (QED) is 0.458. The van der Waals surface area contributed by atoms with E-state index in [1.807, 2.05) is 24.4 Å². The van der Waals surface area contributed by atoms with Gasteiger partial charge in [-0.15, -0.1) is 0 Å². The first-order chi connectivity index (χ1) is 15.7. The smallest absolute Gasteiger partial charge is 0.144 e. The molecule has 6 heterocycles. The Morgan fingerprint density at radius 1 is 0.969 bits per heavy atom. The third-order valence-electron chi connectivity index (χ3n) is 5.66. The lowest BCUT2D eigenvalue weighted by Gasteiger charge is -2.13. The normalized spacial score (nSPS) is 13.4. The molecule has 0 aliphatic carbocycles. The molecular formula is C23H19FN8. The molecule has 158 valence electrons. The van der Waals surface area contributed by atoms with E-state index in [0.717, 1.165) is 47.7 Å². The topological polar surface area (TPSA) is 97.2 Å². The van der Waals surface area contributed by atoms with Crippen molar-refractivity contribution in [1.29, 1.82) is 0 Å². The van der Waals surface area contributed by atoms with Crippen LogP contribution in [0.4, 0.5) is 4.39 Å². The molecule has 1 aliphatic rings. The van der Waals surface area contributed by atoms with Crippen LogP contribution in [-0.4, -0.2) is 41.0 Å². The zero-order valence-electron chi connectivity index (χ0n) is 17.3. The van der Waals surface area contributed by atoms with E-state index >= 15 is 0 Å². The van der Waals surface area contributed by atoms with Crippen molar-refractivity contribution >= 4 is 11.0 Å². The first kappa shape index (κ1) is 18.8. The highest BCUT2D eigenvalue weighted by molar-refractivity contribution is 5.83. The molecule has 0 saturated carbocycles. The van der Waals surface area contributed by atoms with Gasteiger partial charge in [-0.3, -0.25) is 4.98 Å². The summed E-state index contributed by atoms with van der Waals surface area (Å²) in [5.74, 6) is 0.685. The zero-order chi connectivity index (χ0) is 21.7. The number of hydrogen-bond donors (Lipinski definition) is 2. The van der Waals surface area contributed by atoms with Gasteiger partial charge in [0, 0.05) is 31.0 Å². The van der Waals surface area contributed by atoms with Crippen molar-refractivity contribution in [2.24, 2.45) is 0 Å². The first-order valence-corrected chi connectivity index (χ1v) is 10.4. The fourth-order valence-electron chi connectivity index (χ4n) is 3.97.